The Kier molecular flexibility index (Phi) is 3.00. The Hall–Kier alpha value is -0.120. The number of fused-ring (bicyclic) bond motifs is 1. The van der Waals surface area contributed by atoms with Crippen LogP contribution in [0.15, 0.2) is 0 Å². The molecule has 78 valence electrons. The monoisotopic (exact) mass is 187 g/mol. The van der Waals surface area contributed by atoms with Crippen molar-refractivity contribution in [3.63, 3.8) is 0 Å². The molecule has 2 aliphatic rings. The van der Waals surface area contributed by atoms with Crippen LogP contribution in [0.2, 0.25) is 0 Å². The second-order valence-corrected chi connectivity index (χ2v) is 4.05. The molecule has 13 heavy (non-hydrogen) atoms. The minimum Gasteiger partial charge on any atom is -0.343 e. The topological polar surface area (TPSA) is 30.5 Å². The highest BCUT2D eigenvalue weighted by atomic mass is 16.8. The van der Waals surface area contributed by atoms with Crippen LogP contribution in [0.4, 0.5) is 0 Å². The minimum atomic E-state index is -0.387. The summed E-state index contributed by atoms with van der Waals surface area (Å²) in [6.07, 6.45) is 0.234. The standard InChI is InChI=1S/C8H15NO2.C2H6/c1-7(2)10-6-4-9-5-8(6,3)11-7;1-2/h6,9H,4-5H2,1-3H3;1-2H3. The molecule has 3 heteroatoms. The molecule has 2 atom stereocenters. The fourth-order valence-corrected chi connectivity index (χ4v) is 1.98. The van der Waals surface area contributed by atoms with Crippen molar-refractivity contribution < 1.29 is 9.47 Å². The Labute approximate surface area is 80.8 Å². The number of rotatable bonds is 0. The van der Waals surface area contributed by atoms with E-state index in [2.05, 4.69) is 12.2 Å². The Bertz CT molecular complexity index is 182. The lowest BCUT2D eigenvalue weighted by Gasteiger charge is -2.22. The first-order chi connectivity index (χ1) is 6.02. The molecule has 0 aromatic carbocycles. The van der Waals surface area contributed by atoms with Crippen LogP contribution in [0.25, 0.3) is 0 Å². The molecular formula is C10H21NO2. The van der Waals surface area contributed by atoms with E-state index in [1.807, 2.05) is 27.7 Å². The molecule has 2 rings (SSSR count). The summed E-state index contributed by atoms with van der Waals surface area (Å²) in [6, 6.07) is 0. The quantitative estimate of drug-likeness (QED) is 0.624. The molecule has 2 fully saturated rings. The fraction of sp³-hybridized carbons (Fsp3) is 1.00. The predicted octanol–water partition coefficient (Wildman–Crippen LogP) is 1.53. The molecule has 0 aromatic rings. The maximum absolute atomic E-state index is 5.78. The van der Waals surface area contributed by atoms with E-state index in [0.717, 1.165) is 13.1 Å². The van der Waals surface area contributed by atoms with Crippen molar-refractivity contribution in [2.24, 2.45) is 0 Å². The number of hydrogen-bond donors (Lipinski definition) is 1. The third-order valence-electron chi connectivity index (χ3n) is 2.39. The van der Waals surface area contributed by atoms with E-state index in [-0.39, 0.29) is 17.5 Å². The third kappa shape index (κ3) is 2.03. The van der Waals surface area contributed by atoms with Gasteiger partial charge < -0.3 is 14.8 Å². The van der Waals surface area contributed by atoms with Crippen LogP contribution >= 0.6 is 0 Å². The second-order valence-electron chi connectivity index (χ2n) is 4.05. The van der Waals surface area contributed by atoms with E-state index in [1.54, 1.807) is 0 Å². The average molecular weight is 187 g/mol. The maximum Gasteiger partial charge on any atom is 0.164 e. The molecule has 2 aliphatic heterocycles. The van der Waals surface area contributed by atoms with E-state index >= 15 is 0 Å². The molecule has 0 saturated carbocycles. The highest BCUT2D eigenvalue weighted by Crippen LogP contribution is 2.37. The first-order valence-electron chi connectivity index (χ1n) is 5.11. The molecule has 2 saturated heterocycles. The summed E-state index contributed by atoms with van der Waals surface area (Å²) >= 11 is 0. The highest BCUT2D eigenvalue weighted by Gasteiger charge is 2.52. The van der Waals surface area contributed by atoms with Gasteiger partial charge in [-0.15, -0.1) is 0 Å². The van der Waals surface area contributed by atoms with Gasteiger partial charge in [0.05, 0.1) is 0 Å². The van der Waals surface area contributed by atoms with Crippen LogP contribution < -0.4 is 5.32 Å². The normalized spacial score (nSPS) is 40.8. The SMILES string of the molecule is CC.CC1(C)OC2CNCC2(C)O1. The first kappa shape index (κ1) is 11.0. The lowest BCUT2D eigenvalue weighted by atomic mass is 10.0. The summed E-state index contributed by atoms with van der Waals surface area (Å²) in [7, 11) is 0. The molecule has 0 amide bonds. The van der Waals surface area contributed by atoms with Crippen molar-refractivity contribution >= 4 is 0 Å². The van der Waals surface area contributed by atoms with Crippen LogP contribution in [0.5, 0.6) is 0 Å². The minimum absolute atomic E-state index is 0.0938. The van der Waals surface area contributed by atoms with E-state index in [1.165, 1.54) is 0 Å². The van der Waals surface area contributed by atoms with Crippen molar-refractivity contribution in [3.05, 3.63) is 0 Å². The fourth-order valence-electron chi connectivity index (χ4n) is 1.98. The molecule has 0 radical (unpaired) electrons. The van der Waals surface area contributed by atoms with E-state index in [9.17, 15) is 0 Å². The van der Waals surface area contributed by atoms with Crippen molar-refractivity contribution in [3.8, 4) is 0 Å². The lowest BCUT2D eigenvalue weighted by molar-refractivity contribution is -0.162. The van der Waals surface area contributed by atoms with Crippen LogP contribution in [-0.2, 0) is 9.47 Å². The van der Waals surface area contributed by atoms with Crippen molar-refractivity contribution in [2.75, 3.05) is 13.1 Å². The molecule has 2 heterocycles. The lowest BCUT2D eigenvalue weighted by Crippen LogP contribution is -2.36. The summed E-state index contributed by atoms with van der Waals surface area (Å²) in [6.45, 7) is 11.9. The molecule has 0 aliphatic carbocycles. The van der Waals surface area contributed by atoms with Gasteiger partial charge in [0.25, 0.3) is 0 Å². The van der Waals surface area contributed by atoms with Gasteiger partial charge in [0.2, 0.25) is 0 Å². The third-order valence-corrected chi connectivity index (χ3v) is 2.39. The van der Waals surface area contributed by atoms with Gasteiger partial charge in [-0.3, -0.25) is 0 Å². The summed E-state index contributed by atoms with van der Waals surface area (Å²) in [5, 5.41) is 3.25. The molecule has 2 unspecified atom stereocenters. The number of hydrogen-bond acceptors (Lipinski definition) is 3. The zero-order valence-corrected chi connectivity index (χ0v) is 9.31. The largest absolute Gasteiger partial charge is 0.343 e. The van der Waals surface area contributed by atoms with E-state index < -0.39 is 0 Å². The maximum atomic E-state index is 5.78. The van der Waals surface area contributed by atoms with Gasteiger partial charge >= 0.3 is 0 Å². The molecular weight excluding hydrogens is 166 g/mol. The number of nitrogens with one attached hydrogen (secondary N) is 1. The van der Waals surface area contributed by atoms with Gasteiger partial charge in [0.1, 0.15) is 11.7 Å². The Balaban J connectivity index is 0.000000396. The van der Waals surface area contributed by atoms with E-state index in [4.69, 9.17) is 9.47 Å². The first-order valence-corrected chi connectivity index (χ1v) is 5.11. The summed E-state index contributed by atoms with van der Waals surface area (Å²) in [4.78, 5) is 0. The summed E-state index contributed by atoms with van der Waals surface area (Å²) < 4.78 is 11.5. The summed E-state index contributed by atoms with van der Waals surface area (Å²) in [5.41, 5.74) is -0.0938. The van der Waals surface area contributed by atoms with Crippen LogP contribution in [0, 0.1) is 0 Å². The zero-order chi connectivity index (χ0) is 10.1. The van der Waals surface area contributed by atoms with Crippen molar-refractivity contribution in [1.29, 1.82) is 0 Å². The van der Waals surface area contributed by atoms with Gasteiger partial charge in [-0.2, -0.15) is 0 Å². The molecule has 3 nitrogen and oxygen atoms in total. The molecule has 1 N–H and O–H groups in total. The molecule has 0 aromatic heterocycles. The smallest absolute Gasteiger partial charge is 0.164 e. The Morgan fingerprint density at radius 1 is 1.23 bits per heavy atom. The zero-order valence-electron chi connectivity index (χ0n) is 9.31. The van der Waals surface area contributed by atoms with Gasteiger partial charge in [0.15, 0.2) is 5.79 Å². The van der Waals surface area contributed by atoms with Crippen LogP contribution in [0.3, 0.4) is 0 Å². The van der Waals surface area contributed by atoms with Gasteiger partial charge in [-0.25, -0.2) is 0 Å². The predicted molar refractivity (Wildman–Crippen MR) is 52.7 cm³/mol. The highest BCUT2D eigenvalue weighted by molar-refractivity contribution is 5.00. The van der Waals surface area contributed by atoms with Crippen LogP contribution in [-0.4, -0.2) is 30.6 Å². The summed E-state index contributed by atoms with van der Waals surface area (Å²) in [5.74, 6) is -0.387. The number of ether oxygens (including phenoxy) is 2. The van der Waals surface area contributed by atoms with Crippen molar-refractivity contribution in [2.45, 2.75) is 52.1 Å². The van der Waals surface area contributed by atoms with Gasteiger partial charge in [-0.1, -0.05) is 13.8 Å². The van der Waals surface area contributed by atoms with Crippen LogP contribution in [0.1, 0.15) is 34.6 Å². The van der Waals surface area contributed by atoms with E-state index in [0.29, 0.717) is 0 Å². The van der Waals surface area contributed by atoms with Crippen molar-refractivity contribution in [1.82, 2.24) is 5.32 Å². The molecule has 0 bridgehead atoms. The molecule has 0 spiro atoms. The van der Waals surface area contributed by atoms with Gasteiger partial charge in [0, 0.05) is 13.1 Å². The Morgan fingerprint density at radius 2 is 1.85 bits per heavy atom. The average Bonchev–Trinajstić information content (AvgIpc) is 2.43. The Morgan fingerprint density at radius 3 is 2.38 bits per heavy atom. The second kappa shape index (κ2) is 3.56. The van der Waals surface area contributed by atoms with Gasteiger partial charge in [-0.05, 0) is 20.8 Å².